The second-order valence-electron chi connectivity index (χ2n) is 3.27. The molecule has 0 aromatic carbocycles. The van der Waals surface area contributed by atoms with E-state index in [1.165, 1.54) is 10.9 Å². The van der Waals surface area contributed by atoms with Crippen LogP contribution in [-0.2, 0) is 0 Å². The Balaban J connectivity index is 4.62. The molecule has 0 amide bonds. The molecule has 0 aromatic rings. The maximum atomic E-state index is 4.14. The zero-order chi connectivity index (χ0) is 7.65. The first-order valence-electron chi connectivity index (χ1n) is 3.18. The summed E-state index contributed by atoms with van der Waals surface area (Å²) in [6.45, 7) is 10.1. The van der Waals surface area contributed by atoms with Gasteiger partial charge in [0.15, 0.2) is 0 Å². The van der Waals surface area contributed by atoms with Crippen LogP contribution in [0.15, 0.2) is 10.9 Å². The lowest BCUT2D eigenvalue weighted by molar-refractivity contribution is 1.34. The molecule has 0 aromatic heterocycles. The molecule has 0 spiro atoms. The molecule has 0 N–H and O–H groups in total. The lowest BCUT2D eigenvalue weighted by Crippen LogP contribution is -1.80. The van der Waals surface area contributed by atoms with E-state index in [1.807, 2.05) is 0 Å². The molecule has 0 aliphatic rings. The predicted molar refractivity (Wildman–Crippen MR) is 49.9 cm³/mol. The van der Waals surface area contributed by atoms with Crippen LogP contribution in [0.1, 0.15) is 20.8 Å². The van der Waals surface area contributed by atoms with Gasteiger partial charge >= 0.3 is 0 Å². The second-order valence-corrected chi connectivity index (χ2v) is 7.31. The molecule has 0 unspecified atom stereocenters. The third-order valence-corrected chi connectivity index (χ3v) is 3.89. The van der Waals surface area contributed by atoms with E-state index in [0.717, 1.165) is 0 Å². The van der Waals surface area contributed by atoms with Crippen LogP contribution in [0, 0.1) is 0 Å². The van der Waals surface area contributed by atoms with Gasteiger partial charge in [-0.15, -0.1) is 0 Å². The summed E-state index contributed by atoms with van der Waals surface area (Å²) in [5.41, 5.74) is 1.43. The van der Waals surface area contributed by atoms with E-state index >= 15 is 0 Å². The van der Waals surface area contributed by atoms with Crippen LogP contribution < -0.4 is 0 Å². The molecular weight excluding hydrogens is 127 g/mol. The first kappa shape index (κ1) is 9.04. The van der Waals surface area contributed by atoms with Gasteiger partial charge in [-0.2, -0.15) is 0 Å². The third-order valence-electron chi connectivity index (χ3n) is 1.63. The summed E-state index contributed by atoms with van der Waals surface area (Å²) >= 11 is 0. The normalized spacial score (nSPS) is 11.2. The predicted octanol–water partition coefficient (Wildman–Crippen LogP) is 3.01. The first-order chi connectivity index (χ1) is 3.85. The summed E-state index contributed by atoms with van der Waals surface area (Å²) in [5.74, 6) is 0. The van der Waals surface area contributed by atoms with Crippen LogP contribution in [0.3, 0.4) is 0 Å². The maximum Gasteiger partial charge on any atom is -0.0395 e. The van der Waals surface area contributed by atoms with E-state index in [0.29, 0.717) is 0 Å². The minimum absolute atomic E-state index is 0.933. The average Bonchev–Trinajstić information content (AvgIpc) is 1.62. The Morgan fingerprint density at radius 1 is 1.11 bits per heavy atom. The molecule has 0 nitrogen and oxygen atoms in total. The molecule has 0 atom stereocenters. The molecule has 0 rings (SSSR count). The first-order valence-corrected chi connectivity index (χ1v) is 6.05. The Hall–Kier alpha value is 0.0400. The van der Waals surface area contributed by atoms with Crippen LogP contribution >= 0.6 is 6.89 Å². The molecule has 0 radical (unpaired) electrons. The van der Waals surface area contributed by atoms with Gasteiger partial charge in [-0.25, -0.2) is 0 Å². The highest BCUT2D eigenvalue weighted by molar-refractivity contribution is 7.76. The SMILES string of the molecule is C=P(C)(C)C(C)=C(C)C. The molecule has 0 aliphatic heterocycles. The molecular formula is C8H17P. The van der Waals surface area contributed by atoms with Crippen LogP contribution in [0.5, 0.6) is 0 Å². The van der Waals surface area contributed by atoms with Crippen molar-refractivity contribution in [1.29, 1.82) is 0 Å². The van der Waals surface area contributed by atoms with Crippen molar-refractivity contribution in [2.45, 2.75) is 20.8 Å². The monoisotopic (exact) mass is 144 g/mol. The van der Waals surface area contributed by atoms with E-state index in [4.69, 9.17) is 0 Å². The van der Waals surface area contributed by atoms with Crippen molar-refractivity contribution in [1.82, 2.24) is 0 Å². The summed E-state index contributed by atoms with van der Waals surface area (Å²) in [4.78, 5) is 0. The molecule has 54 valence electrons. The van der Waals surface area contributed by atoms with Gasteiger partial charge in [-0.3, -0.25) is 0 Å². The Morgan fingerprint density at radius 3 is 1.44 bits per heavy atom. The number of rotatable bonds is 1. The molecule has 0 saturated carbocycles. The van der Waals surface area contributed by atoms with Crippen LogP contribution in [0.4, 0.5) is 0 Å². The smallest absolute Gasteiger partial charge is 0.0395 e. The van der Waals surface area contributed by atoms with E-state index in [9.17, 15) is 0 Å². The van der Waals surface area contributed by atoms with Gasteiger partial charge in [0.2, 0.25) is 0 Å². The summed E-state index contributed by atoms with van der Waals surface area (Å²) in [5, 5.41) is 1.50. The number of allylic oxidation sites excluding steroid dienone is 2. The zero-order valence-electron chi connectivity index (χ0n) is 7.15. The van der Waals surface area contributed by atoms with Crippen molar-refractivity contribution >= 4 is 13.2 Å². The van der Waals surface area contributed by atoms with Gasteiger partial charge in [0.1, 0.15) is 0 Å². The van der Waals surface area contributed by atoms with Crippen molar-refractivity contribution in [3.8, 4) is 0 Å². The van der Waals surface area contributed by atoms with Crippen LogP contribution in [-0.4, -0.2) is 19.6 Å². The Labute approximate surface area is 58.9 Å². The fourth-order valence-electron chi connectivity index (χ4n) is 0.605. The number of hydrogen-bond acceptors (Lipinski definition) is 0. The summed E-state index contributed by atoms with van der Waals surface area (Å²) in [6.07, 6.45) is 4.14. The maximum absolute atomic E-state index is 4.14. The van der Waals surface area contributed by atoms with Crippen LogP contribution in [0.25, 0.3) is 0 Å². The van der Waals surface area contributed by atoms with Gasteiger partial charge in [0.25, 0.3) is 0 Å². The molecule has 0 bridgehead atoms. The van der Waals surface area contributed by atoms with E-state index < -0.39 is 6.89 Å². The summed E-state index contributed by atoms with van der Waals surface area (Å²) < 4.78 is 0. The molecule has 0 saturated heterocycles. The highest BCUT2D eigenvalue weighted by atomic mass is 31.2. The molecule has 0 aliphatic carbocycles. The minimum atomic E-state index is -0.933. The fourth-order valence-corrected chi connectivity index (χ4v) is 1.82. The summed E-state index contributed by atoms with van der Waals surface area (Å²) in [6, 6.07) is 0. The van der Waals surface area contributed by atoms with Crippen molar-refractivity contribution in [3.63, 3.8) is 0 Å². The lowest BCUT2D eigenvalue weighted by Gasteiger charge is -2.14. The molecule has 0 fully saturated rings. The minimum Gasteiger partial charge on any atom is -0.0974 e. The van der Waals surface area contributed by atoms with E-state index in [-0.39, 0.29) is 0 Å². The van der Waals surface area contributed by atoms with E-state index in [2.05, 4.69) is 40.4 Å². The molecule has 0 heterocycles. The van der Waals surface area contributed by atoms with Gasteiger partial charge < -0.3 is 0 Å². The Morgan fingerprint density at radius 2 is 1.44 bits per heavy atom. The van der Waals surface area contributed by atoms with Crippen molar-refractivity contribution in [2.75, 3.05) is 13.3 Å². The van der Waals surface area contributed by atoms with Crippen LogP contribution in [0.2, 0.25) is 0 Å². The summed E-state index contributed by atoms with van der Waals surface area (Å²) in [7, 11) is 0. The highest BCUT2D eigenvalue weighted by Gasteiger charge is 2.01. The van der Waals surface area contributed by atoms with Gasteiger partial charge in [0.05, 0.1) is 0 Å². The van der Waals surface area contributed by atoms with Crippen molar-refractivity contribution in [2.24, 2.45) is 0 Å². The number of hydrogen-bond donors (Lipinski definition) is 0. The second kappa shape index (κ2) is 2.75. The fraction of sp³-hybridized carbons (Fsp3) is 0.625. The topological polar surface area (TPSA) is 0 Å². The van der Waals surface area contributed by atoms with Gasteiger partial charge in [0, 0.05) is 0 Å². The zero-order valence-corrected chi connectivity index (χ0v) is 8.05. The quantitative estimate of drug-likeness (QED) is 0.496. The van der Waals surface area contributed by atoms with Gasteiger partial charge in [-0.1, -0.05) is 24.1 Å². The Kier molecular flexibility index (Phi) is 2.76. The third kappa shape index (κ3) is 2.91. The van der Waals surface area contributed by atoms with Crippen molar-refractivity contribution < 1.29 is 0 Å². The lowest BCUT2D eigenvalue weighted by atomic mass is 10.3. The largest absolute Gasteiger partial charge is 0.0974 e. The van der Waals surface area contributed by atoms with Crippen molar-refractivity contribution in [3.05, 3.63) is 10.9 Å². The van der Waals surface area contributed by atoms with E-state index in [1.54, 1.807) is 0 Å². The van der Waals surface area contributed by atoms with Gasteiger partial charge in [-0.05, 0) is 34.1 Å². The Bertz CT molecular complexity index is 165. The molecule has 9 heavy (non-hydrogen) atoms. The molecule has 1 heteroatoms. The highest BCUT2D eigenvalue weighted by Crippen LogP contribution is 2.46. The standard InChI is InChI=1S/C8H17P/c1-7(2)8(3)9(4,5)6/h4H2,1-3,5-6H3. The average molecular weight is 144 g/mol.